The highest BCUT2D eigenvalue weighted by molar-refractivity contribution is 4.81. The lowest BCUT2D eigenvalue weighted by Crippen LogP contribution is -2.43. The van der Waals surface area contributed by atoms with Crippen LogP contribution in [0.25, 0.3) is 0 Å². The quantitative estimate of drug-likeness (QED) is 0.479. The maximum atomic E-state index is 5.71. The van der Waals surface area contributed by atoms with Crippen LogP contribution in [0.4, 0.5) is 0 Å². The molecule has 1 atom stereocenters. The molecule has 1 saturated carbocycles. The molecule has 2 nitrogen and oxygen atoms in total. The van der Waals surface area contributed by atoms with Gasteiger partial charge >= 0.3 is 0 Å². The molecule has 0 aromatic carbocycles. The summed E-state index contributed by atoms with van der Waals surface area (Å²) in [5, 5.41) is 0. The Morgan fingerprint density at radius 2 is 1.80 bits per heavy atom. The molecule has 0 radical (unpaired) electrons. The van der Waals surface area contributed by atoms with Crippen molar-refractivity contribution < 1.29 is 0 Å². The van der Waals surface area contributed by atoms with E-state index in [-0.39, 0.29) is 0 Å². The topological polar surface area (TPSA) is 38.0 Å². The summed E-state index contributed by atoms with van der Waals surface area (Å²) in [5.74, 6) is 7.47. The van der Waals surface area contributed by atoms with Gasteiger partial charge < -0.3 is 0 Å². The van der Waals surface area contributed by atoms with Crippen molar-refractivity contribution in [1.29, 1.82) is 0 Å². The third-order valence-corrected chi connectivity index (χ3v) is 3.91. The zero-order chi connectivity index (χ0) is 11.1. The van der Waals surface area contributed by atoms with Crippen LogP contribution in [0.3, 0.4) is 0 Å². The average Bonchev–Trinajstić information content (AvgIpc) is 2.17. The number of hydrogen-bond acceptors (Lipinski definition) is 2. The number of hydrazine groups is 1. The van der Waals surface area contributed by atoms with Crippen LogP contribution in [-0.2, 0) is 0 Å². The van der Waals surface area contributed by atoms with E-state index in [0.717, 1.165) is 11.8 Å². The highest BCUT2D eigenvalue weighted by Gasteiger charge is 2.26. The molecule has 0 spiro atoms. The number of nitrogens with two attached hydrogens (primary N) is 1. The van der Waals surface area contributed by atoms with E-state index in [1.54, 1.807) is 0 Å². The van der Waals surface area contributed by atoms with Crippen molar-refractivity contribution in [2.24, 2.45) is 17.7 Å². The zero-order valence-corrected chi connectivity index (χ0v) is 10.5. The summed E-state index contributed by atoms with van der Waals surface area (Å²) in [4.78, 5) is 0. The van der Waals surface area contributed by atoms with Crippen LogP contribution in [-0.4, -0.2) is 6.04 Å². The highest BCUT2D eigenvalue weighted by atomic mass is 15.2. The Morgan fingerprint density at radius 3 is 2.13 bits per heavy atom. The monoisotopic (exact) mass is 212 g/mol. The van der Waals surface area contributed by atoms with Gasteiger partial charge in [-0.05, 0) is 31.1 Å². The molecule has 0 heterocycles. The van der Waals surface area contributed by atoms with E-state index in [9.17, 15) is 0 Å². The first-order valence-corrected chi connectivity index (χ1v) is 6.77. The van der Waals surface area contributed by atoms with Gasteiger partial charge in [-0.15, -0.1) is 0 Å². The second-order valence-corrected chi connectivity index (χ2v) is 5.14. The van der Waals surface area contributed by atoms with Gasteiger partial charge in [-0.3, -0.25) is 11.3 Å². The van der Waals surface area contributed by atoms with Gasteiger partial charge in [-0.2, -0.15) is 0 Å². The van der Waals surface area contributed by atoms with Crippen LogP contribution in [0.2, 0.25) is 0 Å². The Balaban J connectivity index is 2.35. The van der Waals surface area contributed by atoms with Gasteiger partial charge in [0.25, 0.3) is 0 Å². The smallest absolute Gasteiger partial charge is 0.0241 e. The van der Waals surface area contributed by atoms with E-state index in [2.05, 4.69) is 19.3 Å². The van der Waals surface area contributed by atoms with Crippen molar-refractivity contribution in [2.75, 3.05) is 0 Å². The Morgan fingerprint density at radius 1 is 1.20 bits per heavy atom. The first-order valence-electron chi connectivity index (χ1n) is 6.77. The predicted octanol–water partition coefficient (Wildman–Crippen LogP) is 3.22. The third kappa shape index (κ3) is 4.12. The largest absolute Gasteiger partial charge is 0.271 e. The summed E-state index contributed by atoms with van der Waals surface area (Å²) < 4.78 is 0. The average molecular weight is 212 g/mol. The first kappa shape index (κ1) is 13.0. The van der Waals surface area contributed by atoms with Crippen molar-refractivity contribution in [1.82, 2.24) is 5.43 Å². The fourth-order valence-corrected chi connectivity index (χ4v) is 2.77. The summed E-state index contributed by atoms with van der Waals surface area (Å²) >= 11 is 0. The van der Waals surface area contributed by atoms with Crippen molar-refractivity contribution >= 4 is 0 Å². The highest BCUT2D eigenvalue weighted by Crippen LogP contribution is 2.33. The number of hydrogen-bond donors (Lipinski definition) is 2. The maximum Gasteiger partial charge on any atom is 0.0241 e. The molecule has 90 valence electrons. The van der Waals surface area contributed by atoms with Crippen molar-refractivity contribution in [3.05, 3.63) is 0 Å². The van der Waals surface area contributed by atoms with Gasteiger partial charge in [0.2, 0.25) is 0 Å². The van der Waals surface area contributed by atoms with Crippen LogP contribution in [0.15, 0.2) is 0 Å². The number of nitrogens with one attached hydrogen (secondary N) is 1. The van der Waals surface area contributed by atoms with Gasteiger partial charge in [0.1, 0.15) is 0 Å². The molecule has 1 fully saturated rings. The molecule has 0 aromatic rings. The lowest BCUT2D eigenvalue weighted by Gasteiger charge is -2.33. The molecule has 1 aliphatic rings. The van der Waals surface area contributed by atoms with Gasteiger partial charge in [-0.1, -0.05) is 46.0 Å². The molecule has 1 rings (SSSR count). The zero-order valence-electron chi connectivity index (χ0n) is 10.5. The minimum absolute atomic E-state index is 0.565. The molecule has 1 unspecified atom stereocenters. The lowest BCUT2D eigenvalue weighted by atomic mass is 9.77. The summed E-state index contributed by atoms with van der Waals surface area (Å²) in [5.41, 5.74) is 3.07. The van der Waals surface area contributed by atoms with E-state index >= 15 is 0 Å². The molecule has 2 heteroatoms. The van der Waals surface area contributed by atoms with E-state index in [4.69, 9.17) is 5.84 Å². The maximum absolute atomic E-state index is 5.71. The van der Waals surface area contributed by atoms with Gasteiger partial charge in [-0.25, -0.2) is 0 Å². The van der Waals surface area contributed by atoms with Gasteiger partial charge in [0.15, 0.2) is 0 Å². The molecule has 0 aromatic heterocycles. The molecule has 0 saturated heterocycles. The van der Waals surface area contributed by atoms with Crippen LogP contribution < -0.4 is 11.3 Å². The lowest BCUT2D eigenvalue weighted by molar-refractivity contribution is 0.209. The molecular formula is C13H28N2. The van der Waals surface area contributed by atoms with E-state index in [1.807, 2.05) is 0 Å². The Kier molecular flexibility index (Phi) is 6.26. The SMILES string of the molecule is CCCC(CCC)C(CC1CCC1)NN. The fourth-order valence-electron chi connectivity index (χ4n) is 2.77. The predicted molar refractivity (Wildman–Crippen MR) is 66.4 cm³/mol. The summed E-state index contributed by atoms with van der Waals surface area (Å²) in [7, 11) is 0. The van der Waals surface area contributed by atoms with E-state index < -0.39 is 0 Å². The molecule has 0 amide bonds. The van der Waals surface area contributed by atoms with Crippen molar-refractivity contribution in [3.8, 4) is 0 Å². The van der Waals surface area contributed by atoms with Crippen LogP contribution in [0, 0.1) is 11.8 Å². The molecule has 15 heavy (non-hydrogen) atoms. The summed E-state index contributed by atoms with van der Waals surface area (Å²) in [6.45, 7) is 4.55. The van der Waals surface area contributed by atoms with Crippen molar-refractivity contribution in [3.63, 3.8) is 0 Å². The molecule has 1 aliphatic carbocycles. The van der Waals surface area contributed by atoms with Crippen LogP contribution >= 0.6 is 0 Å². The van der Waals surface area contributed by atoms with E-state index in [1.165, 1.54) is 51.4 Å². The van der Waals surface area contributed by atoms with Gasteiger partial charge in [0.05, 0.1) is 0 Å². The molecule has 0 aliphatic heterocycles. The number of rotatable bonds is 8. The molecule has 0 bridgehead atoms. The Hall–Kier alpha value is -0.0800. The standard InChI is InChI=1S/C13H28N2/c1-3-6-12(7-4-2)13(15-14)10-11-8-5-9-11/h11-13,15H,3-10,14H2,1-2H3. The molecule has 3 N–H and O–H groups in total. The minimum Gasteiger partial charge on any atom is -0.271 e. The summed E-state index contributed by atoms with van der Waals surface area (Å²) in [6, 6.07) is 0.565. The first-order chi connectivity index (χ1) is 7.31. The normalized spacial score (nSPS) is 19.2. The molecular weight excluding hydrogens is 184 g/mol. The summed E-state index contributed by atoms with van der Waals surface area (Å²) in [6.07, 6.45) is 10.8. The van der Waals surface area contributed by atoms with Crippen molar-refractivity contribution in [2.45, 2.75) is 71.3 Å². The van der Waals surface area contributed by atoms with Crippen LogP contribution in [0.5, 0.6) is 0 Å². The fraction of sp³-hybridized carbons (Fsp3) is 1.00. The van der Waals surface area contributed by atoms with Crippen LogP contribution in [0.1, 0.15) is 65.2 Å². The second kappa shape index (κ2) is 7.24. The van der Waals surface area contributed by atoms with E-state index in [0.29, 0.717) is 6.04 Å². The second-order valence-electron chi connectivity index (χ2n) is 5.14. The third-order valence-electron chi connectivity index (χ3n) is 3.91. The Bertz CT molecular complexity index is 149. The van der Waals surface area contributed by atoms with Gasteiger partial charge in [0, 0.05) is 6.04 Å². The Labute approximate surface area is 95.0 Å². The minimum atomic E-state index is 0.565.